The van der Waals surface area contributed by atoms with E-state index in [4.69, 9.17) is 9.72 Å². The SMILES string of the molecule is CCOC(=O)N1CCc2c(sc(NC(=O)c3ccc(S(=O)(=O)CC)cc3)c2-c2nc3ccccc3s2)C1. The van der Waals surface area contributed by atoms with Crippen LogP contribution < -0.4 is 5.32 Å². The zero-order chi connectivity index (χ0) is 26.2. The van der Waals surface area contributed by atoms with Crippen LogP contribution in [-0.2, 0) is 27.5 Å². The summed E-state index contributed by atoms with van der Waals surface area (Å²) in [5.41, 5.74) is 3.19. The molecule has 1 aliphatic rings. The van der Waals surface area contributed by atoms with Gasteiger partial charge in [0.25, 0.3) is 5.91 Å². The number of fused-ring (bicyclic) bond motifs is 2. The molecule has 2 aromatic heterocycles. The van der Waals surface area contributed by atoms with E-state index < -0.39 is 9.84 Å². The topological polar surface area (TPSA) is 106 Å². The molecule has 11 heteroatoms. The Bertz CT molecular complexity index is 1560. The monoisotopic (exact) mass is 555 g/mol. The number of ether oxygens (including phenoxy) is 1. The van der Waals surface area contributed by atoms with Gasteiger partial charge in [0.2, 0.25) is 0 Å². The molecule has 2 amide bonds. The van der Waals surface area contributed by atoms with Gasteiger partial charge in [0.15, 0.2) is 9.84 Å². The van der Waals surface area contributed by atoms with Crippen LogP contribution in [0.2, 0.25) is 0 Å². The number of carbonyl (C=O) groups is 2. The Morgan fingerprint density at radius 3 is 2.54 bits per heavy atom. The van der Waals surface area contributed by atoms with Gasteiger partial charge in [-0.25, -0.2) is 18.2 Å². The number of aromatic nitrogens is 1. The van der Waals surface area contributed by atoms with Crippen LogP contribution in [0.5, 0.6) is 0 Å². The summed E-state index contributed by atoms with van der Waals surface area (Å²) in [6.45, 7) is 4.59. The molecule has 0 saturated heterocycles. The summed E-state index contributed by atoms with van der Waals surface area (Å²) >= 11 is 2.99. The van der Waals surface area contributed by atoms with Crippen molar-refractivity contribution in [2.45, 2.75) is 31.7 Å². The van der Waals surface area contributed by atoms with Gasteiger partial charge in [0.05, 0.1) is 34.0 Å². The lowest BCUT2D eigenvalue weighted by molar-refractivity contribution is 0.102. The standard InChI is InChI=1S/C26H25N3O5S3/c1-3-34-26(31)29-14-13-18-21(15-29)36-25(22(18)24-27-19-7-5-6-8-20(19)35-24)28-23(30)16-9-11-17(12-10-16)37(32,33)4-2/h5-12H,3-4,13-15H2,1-2H3,(H,28,30). The first-order valence-corrected chi connectivity index (χ1v) is 15.2. The van der Waals surface area contributed by atoms with E-state index in [2.05, 4.69) is 5.32 Å². The third-order valence-electron chi connectivity index (χ3n) is 6.17. The van der Waals surface area contributed by atoms with E-state index >= 15 is 0 Å². The molecule has 4 aromatic rings. The zero-order valence-electron chi connectivity index (χ0n) is 20.3. The number of benzene rings is 2. The highest BCUT2D eigenvalue weighted by molar-refractivity contribution is 7.91. The molecule has 192 valence electrons. The van der Waals surface area contributed by atoms with Gasteiger partial charge in [-0.1, -0.05) is 19.1 Å². The highest BCUT2D eigenvalue weighted by Crippen LogP contribution is 2.45. The molecular weight excluding hydrogens is 531 g/mol. The molecule has 0 spiro atoms. The molecule has 3 heterocycles. The Hall–Kier alpha value is -3.28. The molecule has 5 rings (SSSR count). The highest BCUT2D eigenvalue weighted by atomic mass is 32.2. The zero-order valence-corrected chi connectivity index (χ0v) is 22.8. The van der Waals surface area contributed by atoms with E-state index in [-0.39, 0.29) is 22.6 Å². The molecule has 0 aliphatic carbocycles. The number of sulfone groups is 1. The van der Waals surface area contributed by atoms with Gasteiger partial charge in [-0.05, 0) is 55.3 Å². The average molecular weight is 556 g/mol. The van der Waals surface area contributed by atoms with Crippen molar-refractivity contribution < 1.29 is 22.7 Å². The molecule has 1 aliphatic heterocycles. The van der Waals surface area contributed by atoms with E-state index in [0.717, 1.165) is 31.2 Å². The molecule has 0 bridgehead atoms. The van der Waals surface area contributed by atoms with E-state index in [1.807, 2.05) is 24.3 Å². The first kappa shape index (κ1) is 25.4. The van der Waals surface area contributed by atoms with Crippen LogP contribution >= 0.6 is 22.7 Å². The number of amides is 2. The van der Waals surface area contributed by atoms with E-state index in [9.17, 15) is 18.0 Å². The van der Waals surface area contributed by atoms with Crippen LogP contribution in [0.25, 0.3) is 20.8 Å². The van der Waals surface area contributed by atoms with Gasteiger partial charge in [0, 0.05) is 22.5 Å². The number of hydrogen-bond acceptors (Lipinski definition) is 8. The van der Waals surface area contributed by atoms with Crippen molar-refractivity contribution in [1.29, 1.82) is 0 Å². The van der Waals surface area contributed by atoms with Crippen molar-refractivity contribution in [3.05, 3.63) is 64.5 Å². The first-order valence-electron chi connectivity index (χ1n) is 11.9. The van der Waals surface area contributed by atoms with E-state index in [1.165, 1.54) is 35.6 Å². The van der Waals surface area contributed by atoms with Crippen molar-refractivity contribution in [3.63, 3.8) is 0 Å². The Kier molecular flexibility index (Phi) is 7.02. The van der Waals surface area contributed by atoms with Crippen molar-refractivity contribution in [2.24, 2.45) is 0 Å². The normalized spacial score (nSPS) is 13.4. The molecule has 0 radical (unpaired) electrons. The van der Waals surface area contributed by atoms with Gasteiger partial charge in [0.1, 0.15) is 10.0 Å². The van der Waals surface area contributed by atoms with Crippen LogP contribution in [0.15, 0.2) is 53.4 Å². The van der Waals surface area contributed by atoms with Crippen LogP contribution in [-0.4, -0.2) is 49.2 Å². The minimum Gasteiger partial charge on any atom is -0.450 e. The minimum atomic E-state index is -3.35. The van der Waals surface area contributed by atoms with Crippen molar-refractivity contribution >= 4 is 59.7 Å². The summed E-state index contributed by atoms with van der Waals surface area (Å²) in [6.07, 6.45) is 0.269. The Morgan fingerprint density at radius 2 is 1.84 bits per heavy atom. The fraction of sp³-hybridized carbons (Fsp3) is 0.269. The number of hydrogen-bond donors (Lipinski definition) is 1. The molecular formula is C26H25N3O5S3. The van der Waals surface area contributed by atoms with Crippen LogP contribution in [0.3, 0.4) is 0 Å². The molecule has 8 nitrogen and oxygen atoms in total. The Morgan fingerprint density at radius 1 is 1.08 bits per heavy atom. The molecule has 0 atom stereocenters. The van der Waals surface area contributed by atoms with Gasteiger partial charge in [-0.2, -0.15) is 0 Å². The lowest BCUT2D eigenvalue weighted by Crippen LogP contribution is -2.35. The largest absolute Gasteiger partial charge is 0.450 e. The van der Waals surface area contributed by atoms with Gasteiger partial charge in [-0.15, -0.1) is 22.7 Å². The van der Waals surface area contributed by atoms with Gasteiger partial charge >= 0.3 is 6.09 Å². The third-order valence-corrected chi connectivity index (χ3v) is 10.1. The first-order chi connectivity index (χ1) is 17.8. The van der Waals surface area contributed by atoms with Gasteiger partial charge < -0.3 is 15.0 Å². The number of para-hydroxylation sites is 1. The number of nitrogens with one attached hydrogen (secondary N) is 1. The second kappa shape index (κ2) is 10.2. The van der Waals surface area contributed by atoms with E-state index in [0.29, 0.717) is 36.7 Å². The van der Waals surface area contributed by atoms with Crippen LogP contribution in [0.1, 0.15) is 34.6 Å². The summed E-state index contributed by atoms with van der Waals surface area (Å²) in [4.78, 5) is 33.2. The van der Waals surface area contributed by atoms with Crippen molar-refractivity contribution in [3.8, 4) is 10.6 Å². The number of anilines is 1. The van der Waals surface area contributed by atoms with Crippen LogP contribution in [0, 0.1) is 0 Å². The molecule has 1 N–H and O–H groups in total. The Labute approximate surface area is 222 Å². The quantitative estimate of drug-likeness (QED) is 0.333. The highest BCUT2D eigenvalue weighted by Gasteiger charge is 2.30. The second-order valence-corrected chi connectivity index (χ2v) is 12.9. The smallest absolute Gasteiger partial charge is 0.410 e. The maximum Gasteiger partial charge on any atom is 0.410 e. The van der Waals surface area contributed by atoms with Gasteiger partial charge in [-0.3, -0.25) is 4.79 Å². The molecule has 0 unspecified atom stereocenters. The molecule has 0 saturated carbocycles. The maximum absolute atomic E-state index is 13.2. The molecule has 37 heavy (non-hydrogen) atoms. The van der Waals surface area contributed by atoms with Crippen molar-refractivity contribution in [1.82, 2.24) is 9.88 Å². The molecule has 2 aromatic carbocycles. The number of nitrogens with zero attached hydrogens (tertiary/aromatic N) is 2. The maximum atomic E-state index is 13.2. The second-order valence-electron chi connectivity index (χ2n) is 8.45. The lowest BCUT2D eigenvalue weighted by Gasteiger charge is -2.26. The fourth-order valence-corrected chi connectivity index (χ4v) is 7.48. The number of carbonyl (C=O) groups excluding carboxylic acids is 2. The minimum absolute atomic E-state index is 0.00631. The summed E-state index contributed by atoms with van der Waals surface area (Å²) < 4.78 is 30.5. The lowest BCUT2D eigenvalue weighted by atomic mass is 10.0. The number of rotatable bonds is 6. The number of thiophene rings is 1. The summed E-state index contributed by atoms with van der Waals surface area (Å²) in [6, 6.07) is 13.8. The predicted molar refractivity (Wildman–Crippen MR) is 146 cm³/mol. The number of thiazole rings is 1. The van der Waals surface area contributed by atoms with E-state index in [1.54, 1.807) is 30.1 Å². The third kappa shape index (κ3) is 4.98. The predicted octanol–water partition coefficient (Wildman–Crippen LogP) is 5.59. The van der Waals surface area contributed by atoms with Crippen LogP contribution in [0.4, 0.5) is 9.80 Å². The summed E-state index contributed by atoms with van der Waals surface area (Å²) in [7, 11) is -3.35. The average Bonchev–Trinajstić information content (AvgIpc) is 3.48. The summed E-state index contributed by atoms with van der Waals surface area (Å²) in [5.74, 6) is -0.350. The molecule has 0 fully saturated rings. The Balaban J connectivity index is 1.51. The summed E-state index contributed by atoms with van der Waals surface area (Å²) in [5, 5.41) is 4.50. The van der Waals surface area contributed by atoms with Crippen molar-refractivity contribution in [2.75, 3.05) is 24.2 Å². The fourth-order valence-electron chi connectivity index (χ4n) is 4.22.